The lowest BCUT2D eigenvalue weighted by atomic mass is 10.2. The Kier molecular flexibility index (Phi) is 5.08. The van der Waals surface area contributed by atoms with Crippen LogP contribution < -0.4 is 15.5 Å². The number of hydrogen-bond donors (Lipinski definition) is 2. The van der Waals surface area contributed by atoms with Gasteiger partial charge in [-0.2, -0.15) is 0 Å². The van der Waals surface area contributed by atoms with Crippen LogP contribution in [-0.4, -0.2) is 18.2 Å². The second-order valence-corrected chi connectivity index (χ2v) is 6.09. The van der Waals surface area contributed by atoms with Crippen molar-refractivity contribution in [3.63, 3.8) is 0 Å². The summed E-state index contributed by atoms with van der Waals surface area (Å²) in [5.74, 6) is -0.282. The van der Waals surface area contributed by atoms with E-state index in [0.29, 0.717) is 17.3 Å². The maximum atomic E-state index is 13.1. The van der Waals surface area contributed by atoms with Gasteiger partial charge in [0.05, 0.1) is 0 Å². The Balaban J connectivity index is 1.50. The van der Waals surface area contributed by atoms with Crippen molar-refractivity contribution >= 4 is 28.7 Å². The zero-order chi connectivity index (χ0) is 16.1. The highest BCUT2D eigenvalue weighted by Gasteiger charge is 2.11. The topological polar surface area (TPSA) is 27.3 Å². The highest BCUT2D eigenvalue weighted by atomic mass is 32.1. The summed E-state index contributed by atoms with van der Waals surface area (Å²) in [5.41, 5.74) is 3.09. The van der Waals surface area contributed by atoms with Gasteiger partial charge in [-0.05, 0) is 61.0 Å². The van der Waals surface area contributed by atoms with Crippen LogP contribution in [0.3, 0.4) is 0 Å². The molecule has 1 aliphatic heterocycles. The summed E-state index contributed by atoms with van der Waals surface area (Å²) in [4.78, 5) is 2.41. The molecule has 0 amide bonds. The van der Waals surface area contributed by atoms with E-state index in [0.717, 1.165) is 18.7 Å². The molecule has 0 spiro atoms. The Bertz CT molecular complexity index is 666. The molecule has 1 heterocycles. The van der Waals surface area contributed by atoms with Gasteiger partial charge in [0.2, 0.25) is 0 Å². The van der Waals surface area contributed by atoms with Crippen molar-refractivity contribution in [3.8, 4) is 0 Å². The molecule has 2 aromatic rings. The molecule has 1 aliphatic rings. The highest BCUT2D eigenvalue weighted by Crippen LogP contribution is 2.20. The van der Waals surface area contributed by atoms with Gasteiger partial charge in [0, 0.05) is 31.0 Å². The largest absolute Gasteiger partial charge is 0.372 e. The Labute approximate surface area is 141 Å². The van der Waals surface area contributed by atoms with E-state index >= 15 is 0 Å². The number of anilines is 2. The summed E-state index contributed by atoms with van der Waals surface area (Å²) >= 11 is 5.24. The molecular weight excluding hydrogens is 309 g/mol. The van der Waals surface area contributed by atoms with Crippen LogP contribution >= 0.6 is 12.2 Å². The van der Waals surface area contributed by atoms with Gasteiger partial charge < -0.3 is 15.5 Å². The minimum atomic E-state index is -0.282. The van der Waals surface area contributed by atoms with Gasteiger partial charge in [-0.25, -0.2) is 4.39 Å². The number of nitrogens with zero attached hydrogens (tertiary/aromatic N) is 1. The molecule has 2 N–H and O–H groups in total. The molecule has 3 nitrogen and oxygen atoms in total. The fourth-order valence-electron chi connectivity index (χ4n) is 2.72. The van der Waals surface area contributed by atoms with Crippen molar-refractivity contribution in [2.24, 2.45) is 0 Å². The molecule has 23 heavy (non-hydrogen) atoms. The molecule has 0 unspecified atom stereocenters. The van der Waals surface area contributed by atoms with Crippen molar-refractivity contribution in [2.45, 2.75) is 19.4 Å². The Hall–Kier alpha value is -2.14. The van der Waals surface area contributed by atoms with Gasteiger partial charge in [0.15, 0.2) is 5.11 Å². The van der Waals surface area contributed by atoms with Crippen LogP contribution in [0.25, 0.3) is 0 Å². The Morgan fingerprint density at radius 3 is 2.52 bits per heavy atom. The molecule has 0 saturated carbocycles. The first-order valence-electron chi connectivity index (χ1n) is 7.85. The maximum Gasteiger partial charge on any atom is 0.171 e. The van der Waals surface area contributed by atoms with E-state index in [-0.39, 0.29) is 5.82 Å². The zero-order valence-electron chi connectivity index (χ0n) is 12.9. The minimum Gasteiger partial charge on any atom is -0.372 e. The third-order valence-electron chi connectivity index (χ3n) is 3.94. The summed E-state index contributed by atoms with van der Waals surface area (Å²) in [6, 6.07) is 14.8. The van der Waals surface area contributed by atoms with Gasteiger partial charge in [-0.15, -0.1) is 0 Å². The molecule has 1 fully saturated rings. The number of hydrogen-bond acceptors (Lipinski definition) is 2. The second-order valence-electron chi connectivity index (χ2n) is 5.68. The molecule has 120 valence electrons. The average Bonchev–Trinajstić information content (AvgIpc) is 3.08. The van der Waals surface area contributed by atoms with Crippen molar-refractivity contribution < 1.29 is 4.39 Å². The monoisotopic (exact) mass is 329 g/mol. The standard InChI is InChI=1S/C18H20FN3S/c19-15-4-3-5-16(12-15)21-18(23)20-13-14-6-8-17(9-7-14)22-10-1-2-11-22/h3-9,12H,1-2,10-11,13H2,(H2,20,21,23). The zero-order valence-corrected chi connectivity index (χ0v) is 13.7. The average molecular weight is 329 g/mol. The molecule has 0 bridgehead atoms. The van der Waals surface area contributed by atoms with Gasteiger partial charge in [-0.1, -0.05) is 18.2 Å². The summed E-state index contributed by atoms with van der Waals surface area (Å²) in [6.45, 7) is 2.94. The number of nitrogens with one attached hydrogen (secondary N) is 2. The van der Waals surface area contributed by atoms with Crippen LogP contribution in [0.2, 0.25) is 0 Å². The van der Waals surface area contributed by atoms with Crippen molar-refractivity contribution in [1.82, 2.24) is 5.32 Å². The van der Waals surface area contributed by atoms with Crippen LogP contribution in [0, 0.1) is 5.82 Å². The van der Waals surface area contributed by atoms with Crippen LogP contribution in [0.4, 0.5) is 15.8 Å². The Morgan fingerprint density at radius 2 is 1.83 bits per heavy atom. The van der Waals surface area contributed by atoms with Crippen LogP contribution in [-0.2, 0) is 6.54 Å². The predicted octanol–water partition coefficient (Wildman–Crippen LogP) is 3.91. The van der Waals surface area contributed by atoms with E-state index in [1.807, 2.05) is 0 Å². The van der Waals surface area contributed by atoms with Gasteiger partial charge in [-0.3, -0.25) is 0 Å². The summed E-state index contributed by atoms with van der Waals surface area (Å²) in [5, 5.41) is 6.61. The number of halogens is 1. The predicted molar refractivity (Wildman–Crippen MR) is 97.3 cm³/mol. The summed E-state index contributed by atoms with van der Waals surface area (Å²) < 4.78 is 13.1. The molecule has 1 saturated heterocycles. The third-order valence-corrected chi connectivity index (χ3v) is 4.19. The van der Waals surface area contributed by atoms with Gasteiger partial charge in [0.1, 0.15) is 5.82 Å². The molecule has 0 aromatic heterocycles. The molecular formula is C18H20FN3S. The molecule has 5 heteroatoms. The smallest absolute Gasteiger partial charge is 0.171 e. The lowest BCUT2D eigenvalue weighted by Crippen LogP contribution is -2.27. The molecule has 3 rings (SSSR count). The van der Waals surface area contributed by atoms with E-state index in [4.69, 9.17) is 12.2 Å². The number of thiocarbonyl (C=S) groups is 1. The normalized spacial score (nSPS) is 13.9. The maximum absolute atomic E-state index is 13.1. The Morgan fingerprint density at radius 1 is 1.09 bits per heavy atom. The van der Waals surface area contributed by atoms with Crippen molar-refractivity contribution in [2.75, 3.05) is 23.3 Å². The third kappa shape index (κ3) is 4.42. The number of rotatable bonds is 4. The fraction of sp³-hybridized carbons (Fsp3) is 0.278. The fourth-order valence-corrected chi connectivity index (χ4v) is 2.91. The van der Waals surface area contributed by atoms with Crippen LogP contribution in [0.1, 0.15) is 18.4 Å². The first-order valence-corrected chi connectivity index (χ1v) is 8.26. The van der Waals surface area contributed by atoms with E-state index < -0.39 is 0 Å². The van der Waals surface area contributed by atoms with Crippen LogP contribution in [0.15, 0.2) is 48.5 Å². The minimum absolute atomic E-state index is 0.282. The first kappa shape index (κ1) is 15.7. The van der Waals surface area contributed by atoms with E-state index in [1.165, 1.54) is 30.7 Å². The van der Waals surface area contributed by atoms with Crippen LogP contribution in [0.5, 0.6) is 0 Å². The van der Waals surface area contributed by atoms with Crippen molar-refractivity contribution in [1.29, 1.82) is 0 Å². The quantitative estimate of drug-likeness (QED) is 0.832. The van der Waals surface area contributed by atoms with E-state index in [1.54, 1.807) is 12.1 Å². The number of benzene rings is 2. The molecule has 0 aliphatic carbocycles. The second kappa shape index (κ2) is 7.42. The SMILES string of the molecule is Fc1cccc(NC(=S)NCc2ccc(N3CCCC3)cc2)c1. The molecule has 2 aromatic carbocycles. The summed E-state index contributed by atoms with van der Waals surface area (Å²) in [7, 11) is 0. The first-order chi connectivity index (χ1) is 11.2. The molecule has 0 radical (unpaired) electrons. The molecule has 0 atom stereocenters. The highest BCUT2D eigenvalue weighted by molar-refractivity contribution is 7.80. The van der Waals surface area contributed by atoms with Crippen molar-refractivity contribution in [3.05, 3.63) is 59.9 Å². The lowest BCUT2D eigenvalue weighted by Gasteiger charge is -2.18. The van der Waals surface area contributed by atoms with E-state index in [2.05, 4.69) is 39.8 Å². The summed E-state index contributed by atoms with van der Waals surface area (Å²) in [6.07, 6.45) is 2.56. The van der Waals surface area contributed by atoms with Gasteiger partial charge in [0.25, 0.3) is 0 Å². The van der Waals surface area contributed by atoms with E-state index in [9.17, 15) is 4.39 Å². The lowest BCUT2D eigenvalue weighted by molar-refractivity contribution is 0.628. The van der Waals surface area contributed by atoms with Gasteiger partial charge >= 0.3 is 0 Å².